The normalized spacial score (nSPS) is 13.7. The lowest BCUT2D eigenvalue weighted by molar-refractivity contribution is 0.0509. The van der Waals surface area contributed by atoms with Crippen molar-refractivity contribution in [2.45, 2.75) is 65.6 Å². The zero-order valence-electron chi connectivity index (χ0n) is 16.7. The van der Waals surface area contributed by atoms with Gasteiger partial charge in [0.1, 0.15) is 5.60 Å². The summed E-state index contributed by atoms with van der Waals surface area (Å²) in [5.74, 6) is 0.346. The number of hydrogen-bond donors (Lipinski definition) is 3. The second kappa shape index (κ2) is 9.40. The molecule has 0 bridgehead atoms. The molecule has 26 heavy (non-hydrogen) atoms. The monoisotopic (exact) mass is 364 g/mol. The molecule has 1 rings (SSSR count). The Hall–Kier alpha value is -2.31. The third-order valence-electron chi connectivity index (χ3n) is 3.47. The maximum Gasteiger partial charge on any atom is 0.407 e. The van der Waals surface area contributed by atoms with Crippen LogP contribution in [0.3, 0.4) is 0 Å². The van der Waals surface area contributed by atoms with Gasteiger partial charge in [-0.2, -0.15) is 0 Å². The van der Waals surface area contributed by atoms with Crippen molar-refractivity contribution in [1.29, 1.82) is 0 Å². The predicted octanol–water partition coefficient (Wildman–Crippen LogP) is 3.21. The first kappa shape index (κ1) is 21.7. The number of rotatable bonds is 7. The Bertz CT molecular complexity index is 584. The molecule has 7 heteroatoms. The smallest absolute Gasteiger partial charge is 0.407 e. The van der Waals surface area contributed by atoms with Crippen LogP contribution >= 0.6 is 0 Å². The fourth-order valence-corrected chi connectivity index (χ4v) is 2.65. The summed E-state index contributed by atoms with van der Waals surface area (Å²) in [4.78, 5) is 28.2. The van der Waals surface area contributed by atoms with Crippen molar-refractivity contribution in [3.05, 3.63) is 30.1 Å². The molecule has 0 aliphatic heterocycles. The van der Waals surface area contributed by atoms with Gasteiger partial charge in [-0.1, -0.05) is 19.9 Å². The Labute approximate surface area is 156 Å². The SMILES string of the molecule is CC(C)C[C@@](C)(CNC(=O)OC(C)(C)C)NC(=O)NCc1cccnc1. The average molecular weight is 364 g/mol. The Balaban J connectivity index is 2.60. The fourth-order valence-electron chi connectivity index (χ4n) is 2.65. The minimum absolute atomic E-state index is 0.278. The topological polar surface area (TPSA) is 92.4 Å². The third kappa shape index (κ3) is 9.25. The van der Waals surface area contributed by atoms with Crippen LogP contribution in [0.1, 0.15) is 53.5 Å². The van der Waals surface area contributed by atoms with E-state index in [4.69, 9.17) is 4.74 Å². The van der Waals surface area contributed by atoms with Crippen LogP contribution in [-0.2, 0) is 11.3 Å². The first-order valence-electron chi connectivity index (χ1n) is 8.91. The van der Waals surface area contributed by atoms with Crippen molar-refractivity contribution in [3.8, 4) is 0 Å². The average Bonchev–Trinajstić information content (AvgIpc) is 2.50. The summed E-state index contributed by atoms with van der Waals surface area (Å²) in [5, 5.41) is 8.54. The summed E-state index contributed by atoms with van der Waals surface area (Å²) in [6.45, 7) is 12.1. The number of carbonyl (C=O) groups excluding carboxylic acids is 2. The zero-order chi connectivity index (χ0) is 19.8. The van der Waals surface area contributed by atoms with E-state index in [1.54, 1.807) is 12.4 Å². The second-order valence-corrected chi connectivity index (χ2v) is 8.18. The number of urea groups is 1. The first-order chi connectivity index (χ1) is 12.0. The molecule has 1 aromatic heterocycles. The van der Waals surface area contributed by atoms with Crippen LogP contribution in [0.4, 0.5) is 9.59 Å². The molecule has 0 aliphatic carbocycles. The van der Waals surface area contributed by atoms with Crippen LogP contribution < -0.4 is 16.0 Å². The Morgan fingerprint density at radius 1 is 1.19 bits per heavy atom. The number of pyridine rings is 1. The van der Waals surface area contributed by atoms with E-state index in [0.717, 1.165) is 5.56 Å². The van der Waals surface area contributed by atoms with Gasteiger partial charge in [-0.05, 0) is 51.7 Å². The van der Waals surface area contributed by atoms with E-state index in [1.165, 1.54) is 0 Å². The van der Waals surface area contributed by atoms with Gasteiger partial charge in [0.2, 0.25) is 0 Å². The van der Waals surface area contributed by atoms with E-state index in [0.29, 0.717) is 18.9 Å². The van der Waals surface area contributed by atoms with Crippen molar-refractivity contribution >= 4 is 12.1 Å². The molecule has 0 radical (unpaired) electrons. The van der Waals surface area contributed by atoms with E-state index in [-0.39, 0.29) is 12.6 Å². The molecule has 146 valence electrons. The number of hydrogen-bond acceptors (Lipinski definition) is 4. The lowest BCUT2D eigenvalue weighted by Crippen LogP contribution is -2.56. The summed E-state index contributed by atoms with van der Waals surface area (Å²) in [6.07, 6.45) is 3.61. The molecule has 1 heterocycles. The summed E-state index contributed by atoms with van der Waals surface area (Å²) >= 11 is 0. The van der Waals surface area contributed by atoms with Crippen LogP contribution in [0.15, 0.2) is 24.5 Å². The number of aromatic nitrogens is 1. The summed E-state index contributed by atoms with van der Waals surface area (Å²) < 4.78 is 5.26. The highest BCUT2D eigenvalue weighted by Crippen LogP contribution is 2.16. The van der Waals surface area contributed by atoms with Gasteiger partial charge in [-0.3, -0.25) is 4.98 Å². The molecule has 0 saturated heterocycles. The third-order valence-corrected chi connectivity index (χ3v) is 3.47. The molecule has 3 N–H and O–H groups in total. The minimum Gasteiger partial charge on any atom is -0.444 e. The number of ether oxygens (including phenoxy) is 1. The van der Waals surface area contributed by atoms with E-state index in [9.17, 15) is 9.59 Å². The Morgan fingerprint density at radius 2 is 1.88 bits per heavy atom. The van der Waals surface area contributed by atoms with E-state index in [2.05, 4.69) is 34.8 Å². The Morgan fingerprint density at radius 3 is 2.42 bits per heavy atom. The van der Waals surface area contributed by atoms with Crippen LogP contribution in [0.5, 0.6) is 0 Å². The van der Waals surface area contributed by atoms with E-state index in [1.807, 2.05) is 39.8 Å². The highest BCUT2D eigenvalue weighted by molar-refractivity contribution is 5.75. The maximum absolute atomic E-state index is 12.3. The Kier molecular flexibility index (Phi) is 7.86. The summed E-state index contributed by atoms with van der Waals surface area (Å²) in [7, 11) is 0. The molecular formula is C19H32N4O3. The molecular weight excluding hydrogens is 332 g/mol. The van der Waals surface area contributed by atoms with Crippen LogP contribution in [0.2, 0.25) is 0 Å². The lowest BCUT2D eigenvalue weighted by Gasteiger charge is -2.33. The van der Waals surface area contributed by atoms with Crippen LogP contribution in [0, 0.1) is 5.92 Å². The molecule has 1 aromatic rings. The quantitative estimate of drug-likeness (QED) is 0.693. The highest BCUT2D eigenvalue weighted by Gasteiger charge is 2.29. The van der Waals surface area contributed by atoms with Gasteiger partial charge in [0.05, 0.1) is 5.54 Å². The number of nitrogens with one attached hydrogen (secondary N) is 3. The number of alkyl carbamates (subject to hydrolysis) is 1. The van der Waals surface area contributed by atoms with Gasteiger partial charge >= 0.3 is 12.1 Å². The van der Waals surface area contributed by atoms with Crippen molar-refractivity contribution < 1.29 is 14.3 Å². The zero-order valence-corrected chi connectivity index (χ0v) is 16.7. The van der Waals surface area contributed by atoms with Gasteiger partial charge in [0.25, 0.3) is 0 Å². The lowest BCUT2D eigenvalue weighted by atomic mass is 9.90. The van der Waals surface area contributed by atoms with Gasteiger partial charge in [-0.15, -0.1) is 0 Å². The fraction of sp³-hybridized carbons (Fsp3) is 0.632. The maximum atomic E-state index is 12.3. The van der Waals surface area contributed by atoms with Gasteiger partial charge in [0, 0.05) is 25.5 Å². The van der Waals surface area contributed by atoms with Crippen molar-refractivity contribution in [3.63, 3.8) is 0 Å². The summed E-state index contributed by atoms with van der Waals surface area (Å²) in [5.41, 5.74) is -0.239. The van der Waals surface area contributed by atoms with Gasteiger partial charge < -0.3 is 20.7 Å². The van der Waals surface area contributed by atoms with Gasteiger partial charge in [0.15, 0.2) is 0 Å². The second-order valence-electron chi connectivity index (χ2n) is 8.18. The molecule has 1 atom stereocenters. The first-order valence-corrected chi connectivity index (χ1v) is 8.91. The van der Waals surface area contributed by atoms with Crippen LogP contribution in [0.25, 0.3) is 0 Å². The minimum atomic E-state index is -0.593. The van der Waals surface area contributed by atoms with Crippen molar-refractivity contribution in [2.75, 3.05) is 6.54 Å². The standard InChI is InChI=1S/C19H32N4O3/c1-14(2)10-19(6,13-22-17(25)26-18(3,4)5)23-16(24)21-12-15-8-7-9-20-11-15/h7-9,11,14H,10,12-13H2,1-6H3,(H,22,25)(H2,21,23,24)/t19-/m0/s1. The molecule has 0 fully saturated rings. The van der Waals surface area contributed by atoms with Crippen LogP contribution in [-0.4, -0.2) is 34.8 Å². The molecule has 0 spiro atoms. The highest BCUT2D eigenvalue weighted by atomic mass is 16.6. The number of nitrogens with zero attached hydrogens (tertiary/aromatic N) is 1. The molecule has 3 amide bonds. The number of amides is 3. The molecule has 0 unspecified atom stereocenters. The van der Waals surface area contributed by atoms with E-state index >= 15 is 0 Å². The number of carbonyl (C=O) groups is 2. The molecule has 0 aliphatic rings. The van der Waals surface area contributed by atoms with Gasteiger partial charge in [-0.25, -0.2) is 9.59 Å². The molecule has 7 nitrogen and oxygen atoms in total. The van der Waals surface area contributed by atoms with E-state index < -0.39 is 17.2 Å². The largest absolute Gasteiger partial charge is 0.444 e. The molecule has 0 aromatic carbocycles. The molecule has 0 saturated carbocycles. The van der Waals surface area contributed by atoms with Crippen molar-refractivity contribution in [1.82, 2.24) is 20.9 Å². The predicted molar refractivity (Wildman–Crippen MR) is 102 cm³/mol. The van der Waals surface area contributed by atoms with Crippen molar-refractivity contribution in [2.24, 2.45) is 5.92 Å². The summed E-state index contributed by atoms with van der Waals surface area (Å²) in [6, 6.07) is 3.43.